The fourth-order valence-electron chi connectivity index (χ4n) is 1.90. The molecule has 90 valence electrons. The van der Waals surface area contributed by atoms with Crippen LogP contribution in [0.15, 0.2) is 12.1 Å². The molecule has 1 aromatic rings. The summed E-state index contributed by atoms with van der Waals surface area (Å²) in [5.41, 5.74) is 2.25. The van der Waals surface area contributed by atoms with Crippen molar-refractivity contribution in [2.75, 3.05) is 5.75 Å². The first-order chi connectivity index (χ1) is 7.47. The number of aromatic hydroxyl groups is 1. The summed E-state index contributed by atoms with van der Waals surface area (Å²) in [5, 5.41) is 29.1. The largest absolute Gasteiger partial charge is 0.508 e. The number of aliphatic hydroxyl groups is 2. The van der Waals surface area contributed by atoms with Gasteiger partial charge in [-0.05, 0) is 54.8 Å². The second-order valence-corrected chi connectivity index (χ2v) is 4.46. The quantitative estimate of drug-likeness (QED) is 0.608. The molecule has 3 N–H and O–H groups in total. The van der Waals surface area contributed by atoms with Crippen LogP contribution in [-0.2, 0) is 0 Å². The summed E-state index contributed by atoms with van der Waals surface area (Å²) >= 11 is 4.02. The molecule has 1 aromatic carbocycles. The lowest BCUT2D eigenvalue weighted by molar-refractivity contribution is 0.0165. The molecule has 0 fully saturated rings. The molecule has 2 unspecified atom stereocenters. The Kier molecular flexibility index (Phi) is 4.65. The van der Waals surface area contributed by atoms with E-state index in [1.807, 2.05) is 0 Å². The van der Waals surface area contributed by atoms with Gasteiger partial charge in [-0.25, -0.2) is 0 Å². The normalized spacial score (nSPS) is 14.8. The fraction of sp³-hybridized carbons (Fsp3) is 0.500. The van der Waals surface area contributed by atoms with Crippen molar-refractivity contribution in [3.63, 3.8) is 0 Å². The van der Waals surface area contributed by atoms with Crippen LogP contribution in [0.2, 0.25) is 0 Å². The van der Waals surface area contributed by atoms with Gasteiger partial charge in [0.15, 0.2) is 0 Å². The summed E-state index contributed by atoms with van der Waals surface area (Å²) < 4.78 is 0. The van der Waals surface area contributed by atoms with Crippen molar-refractivity contribution in [2.45, 2.75) is 32.5 Å². The second-order valence-electron chi connectivity index (χ2n) is 4.02. The number of phenols is 1. The molecule has 0 heterocycles. The van der Waals surface area contributed by atoms with Crippen molar-refractivity contribution in [3.8, 4) is 5.75 Å². The molecule has 0 amide bonds. The minimum absolute atomic E-state index is 0.176. The maximum absolute atomic E-state index is 10.0. The molecular weight excluding hydrogens is 224 g/mol. The molecule has 3 nitrogen and oxygen atoms in total. The van der Waals surface area contributed by atoms with Gasteiger partial charge in [0.25, 0.3) is 0 Å². The molecule has 0 saturated carbocycles. The van der Waals surface area contributed by atoms with Crippen LogP contribution in [0, 0.1) is 13.8 Å². The van der Waals surface area contributed by atoms with Crippen LogP contribution in [0.1, 0.15) is 29.2 Å². The molecular formula is C12H18O3S. The van der Waals surface area contributed by atoms with Crippen LogP contribution in [0.3, 0.4) is 0 Å². The van der Waals surface area contributed by atoms with E-state index >= 15 is 0 Å². The minimum atomic E-state index is -0.923. The number of hydrogen-bond acceptors (Lipinski definition) is 4. The summed E-state index contributed by atoms with van der Waals surface area (Å²) in [6.07, 6.45) is -1.31. The van der Waals surface area contributed by atoms with E-state index in [0.29, 0.717) is 17.7 Å². The maximum Gasteiger partial charge on any atom is 0.116 e. The average molecular weight is 242 g/mol. The Morgan fingerprint density at radius 3 is 2.12 bits per heavy atom. The van der Waals surface area contributed by atoms with E-state index in [-0.39, 0.29) is 5.75 Å². The van der Waals surface area contributed by atoms with Gasteiger partial charge >= 0.3 is 0 Å². The molecule has 0 spiro atoms. The molecule has 4 heteroatoms. The number of benzene rings is 1. The van der Waals surface area contributed by atoms with Crippen LogP contribution in [-0.4, -0.2) is 27.2 Å². The fourth-order valence-corrected chi connectivity index (χ4v) is 2.17. The number of aliphatic hydroxyl groups excluding tert-OH is 2. The maximum atomic E-state index is 10.0. The van der Waals surface area contributed by atoms with Crippen molar-refractivity contribution in [2.24, 2.45) is 0 Å². The highest BCUT2D eigenvalue weighted by Crippen LogP contribution is 2.29. The molecule has 0 saturated heterocycles. The molecule has 16 heavy (non-hydrogen) atoms. The van der Waals surface area contributed by atoms with Crippen molar-refractivity contribution in [1.29, 1.82) is 0 Å². The van der Waals surface area contributed by atoms with E-state index in [9.17, 15) is 15.3 Å². The van der Waals surface area contributed by atoms with Gasteiger partial charge in [-0.1, -0.05) is 0 Å². The Bertz CT molecular complexity index is 342. The summed E-state index contributed by atoms with van der Waals surface area (Å²) in [7, 11) is 0. The Labute approximate surface area is 101 Å². The Morgan fingerprint density at radius 2 is 1.69 bits per heavy atom. The van der Waals surface area contributed by atoms with E-state index in [1.165, 1.54) is 0 Å². The Hall–Kier alpha value is -0.710. The highest BCUT2D eigenvalue weighted by molar-refractivity contribution is 7.80. The molecule has 0 radical (unpaired) electrons. The summed E-state index contributed by atoms with van der Waals surface area (Å²) in [5.74, 6) is 0.698. The Balaban J connectivity index is 3.03. The molecule has 1 rings (SSSR count). The highest BCUT2D eigenvalue weighted by atomic mass is 32.1. The third-order valence-corrected chi connectivity index (χ3v) is 2.92. The third-order valence-electron chi connectivity index (χ3n) is 2.66. The standard InChI is InChI=1S/C12H18O3S/c1-7-5-9(13)6-8(2)11(7)12(15)10(14)3-4-16/h5-6,10,12-16H,3-4H2,1-2H3. The van der Waals surface area contributed by atoms with Gasteiger partial charge in [0.05, 0.1) is 6.10 Å². The lowest BCUT2D eigenvalue weighted by atomic mass is 9.93. The molecule has 0 aliphatic rings. The lowest BCUT2D eigenvalue weighted by Crippen LogP contribution is -2.20. The van der Waals surface area contributed by atoms with Crippen molar-refractivity contribution >= 4 is 12.6 Å². The zero-order valence-corrected chi connectivity index (χ0v) is 10.4. The highest BCUT2D eigenvalue weighted by Gasteiger charge is 2.21. The number of hydrogen-bond donors (Lipinski definition) is 4. The molecule has 0 aromatic heterocycles. The van der Waals surface area contributed by atoms with Gasteiger partial charge in [-0.15, -0.1) is 0 Å². The van der Waals surface area contributed by atoms with Crippen LogP contribution >= 0.6 is 12.6 Å². The smallest absolute Gasteiger partial charge is 0.116 e. The van der Waals surface area contributed by atoms with Gasteiger partial charge in [0.1, 0.15) is 11.9 Å². The first-order valence-electron chi connectivity index (χ1n) is 5.24. The van der Waals surface area contributed by atoms with E-state index in [1.54, 1.807) is 26.0 Å². The lowest BCUT2D eigenvalue weighted by Gasteiger charge is -2.21. The first kappa shape index (κ1) is 13.4. The molecule has 0 aliphatic carbocycles. The summed E-state index contributed by atoms with van der Waals surface area (Å²) in [6.45, 7) is 3.61. The number of aryl methyl sites for hydroxylation is 2. The predicted molar refractivity (Wildman–Crippen MR) is 67.0 cm³/mol. The number of rotatable bonds is 4. The van der Waals surface area contributed by atoms with Gasteiger partial charge in [0, 0.05) is 0 Å². The van der Waals surface area contributed by atoms with Crippen molar-refractivity contribution < 1.29 is 15.3 Å². The number of phenolic OH excluding ortho intramolecular Hbond substituents is 1. The van der Waals surface area contributed by atoms with Gasteiger partial charge in [-0.3, -0.25) is 0 Å². The zero-order valence-electron chi connectivity index (χ0n) is 9.51. The SMILES string of the molecule is Cc1cc(O)cc(C)c1C(O)C(O)CCS. The molecule has 0 aliphatic heterocycles. The van der Waals surface area contributed by atoms with E-state index in [0.717, 1.165) is 11.1 Å². The number of thiol groups is 1. The summed E-state index contributed by atoms with van der Waals surface area (Å²) in [4.78, 5) is 0. The molecule has 2 atom stereocenters. The Morgan fingerprint density at radius 1 is 1.19 bits per heavy atom. The van der Waals surface area contributed by atoms with Crippen LogP contribution in [0.5, 0.6) is 5.75 Å². The monoisotopic (exact) mass is 242 g/mol. The third kappa shape index (κ3) is 2.90. The summed E-state index contributed by atoms with van der Waals surface area (Å²) in [6, 6.07) is 3.16. The van der Waals surface area contributed by atoms with Crippen molar-refractivity contribution in [3.05, 3.63) is 28.8 Å². The average Bonchev–Trinajstić information content (AvgIpc) is 2.16. The molecule has 0 bridgehead atoms. The first-order valence-corrected chi connectivity index (χ1v) is 5.87. The predicted octanol–water partition coefficient (Wildman–Crippen LogP) is 1.72. The van der Waals surface area contributed by atoms with Crippen LogP contribution in [0.25, 0.3) is 0 Å². The topological polar surface area (TPSA) is 60.7 Å². The van der Waals surface area contributed by atoms with Crippen molar-refractivity contribution in [1.82, 2.24) is 0 Å². The minimum Gasteiger partial charge on any atom is -0.508 e. The van der Waals surface area contributed by atoms with Gasteiger partial charge in [-0.2, -0.15) is 12.6 Å². The van der Waals surface area contributed by atoms with Crippen LogP contribution in [0.4, 0.5) is 0 Å². The zero-order chi connectivity index (χ0) is 12.3. The second kappa shape index (κ2) is 5.57. The van der Waals surface area contributed by atoms with Crippen LogP contribution < -0.4 is 0 Å². The van der Waals surface area contributed by atoms with E-state index in [2.05, 4.69) is 12.6 Å². The van der Waals surface area contributed by atoms with E-state index < -0.39 is 12.2 Å². The van der Waals surface area contributed by atoms with E-state index in [4.69, 9.17) is 0 Å². The van der Waals surface area contributed by atoms with Gasteiger partial charge < -0.3 is 15.3 Å². The van der Waals surface area contributed by atoms with Gasteiger partial charge in [0.2, 0.25) is 0 Å².